The zero-order valence-corrected chi connectivity index (χ0v) is 19.6. The van der Waals surface area contributed by atoms with Gasteiger partial charge in [0.25, 0.3) is 11.8 Å². The molecule has 0 fully saturated rings. The summed E-state index contributed by atoms with van der Waals surface area (Å²) in [5.41, 5.74) is 1.73. The maximum atomic E-state index is 13.0. The minimum absolute atomic E-state index is 0.181. The Morgan fingerprint density at radius 1 is 1.13 bits per heavy atom. The number of carbonyl (C=O) groups excluding carboxylic acids is 3. The standard InChI is InChI=1S/C21H21ClN2O4S2/c1-6-28-21(27)14-11(3)16(20(26)24(4)5)30-19(14)23-18(25)17-15(22)12-8-7-10(2)9-13(12)29-17/h7-9H,6H2,1-5H3,(H,23,25). The number of esters is 1. The lowest BCUT2D eigenvalue weighted by Gasteiger charge is -2.09. The molecule has 2 heterocycles. The van der Waals surface area contributed by atoms with Gasteiger partial charge in [0.2, 0.25) is 0 Å². The third-order valence-electron chi connectivity index (χ3n) is 4.45. The molecular formula is C21H21ClN2O4S2. The first-order chi connectivity index (χ1) is 14.1. The van der Waals surface area contributed by atoms with Crippen LogP contribution in [0.3, 0.4) is 0 Å². The number of anilines is 1. The highest BCUT2D eigenvalue weighted by Gasteiger charge is 2.28. The summed E-state index contributed by atoms with van der Waals surface area (Å²) in [4.78, 5) is 40.2. The van der Waals surface area contributed by atoms with E-state index in [4.69, 9.17) is 16.3 Å². The molecule has 30 heavy (non-hydrogen) atoms. The molecule has 0 unspecified atom stereocenters. The van der Waals surface area contributed by atoms with Gasteiger partial charge in [-0.15, -0.1) is 22.7 Å². The Kier molecular flexibility index (Phi) is 6.50. The van der Waals surface area contributed by atoms with Crippen LogP contribution in [0.5, 0.6) is 0 Å². The highest BCUT2D eigenvalue weighted by molar-refractivity contribution is 7.22. The number of rotatable bonds is 5. The average Bonchev–Trinajstić information content (AvgIpc) is 3.17. The van der Waals surface area contributed by atoms with Crippen molar-refractivity contribution in [1.82, 2.24) is 4.90 Å². The maximum absolute atomic E-state index is 13.0. The summed E-state index contributed by atoms with van der Waals surface area (Å²) in [5.74, 6) is -1.27. The molecule has 0 spiro atoms. The minimum atomic E-state index is -0.586. The molecular weight excluding hydrogens is 444 g/mol. The molecule has 3 aromatic rings. The van der Waals surface area contributed by atoms with Gasteiger partial charge in [-0.2, -0.15) is 0 Å². The summed E-state index contributed by atoms with van der Waals surface area (Å²) in [5, 5.41) is 4.20. The van der Waals surface area contributed by atoms with E-state index in [1.807, 2.05) is 25.1 Å². The van der Waals surface area contributed by atoms with Crippen LogP contribution in [0, 0.1) is 13.8 Å². The number of fused-ring (bicyclic) bond motifs is 1. The Hall–Kier alpha value is -2.42. The van der Waals surface area contributed by atoms with Gasteiger partial charge in [0.05, 0.1) is 22.1 Å². The average molecular weight is 465 g/mol. The van der Waals surface area contributed by atoms with Crippen molar-refractivity contribution in [2.45, 2.75) is 20.8 Å². The van der Waals surface area contributed by atoms with Crippen LogP contribution in [0.25, 0.3) is 10.1 Å². The summed E-state index contributed by atoms with van der Waals surface area (Å²) >= 11 is 8.79. The number of nitrogens with zero attached hydrogens (tertiary/aromatic N) is 1. The maximum Gasteiger partial charge on any atom is 0.341 e. The van der Waals surface area contributed by atoms with Crippen molar-refractivity contribution < 1.29 is 19.1 Å². The van der Waals surface area contributed by atoms with Crippen molar-refractivity contribution in [1.29, 1.82) is 0 Å². The van der Waals surface area contributed by atoms with E-state index < -0.39 is 11.9 Å². The van der Waals surface area contributed by atoms with Crippen molar-refractivity contribution in [3.8, 4) is 0 Å². The Labute approximate surface area is 187 Å². The zero-order valence-electron chi connectivity index (χ0n) is 17.2. The van der Waals surface area contributed by atoms with Crippen LogP contribution in [0.15, 0.2) is 18.2 Å². The summed E-state index contributed by atoms with van der Waals surface area (Å²) in [6.07, 6.45) is 0. The van der Waals surface area contributed by atoms with E-state index in [-0.39, 0.29) is 23.1 Å². The van der Waals surface area contributed by atoms with E-state index in [1.165, 1.54) is 16.2 Å². The van der Waals surface area contributed by atoms with Gasteiger partial charge in [-0.25, -0.2) is 4.79 Å². The number of ether oxygens (including phenoxy) is 1. The molecule has 0 atom stereocenters. The van der Waals surface area contributed by atoms with E-state index in [9.17, 15) is 14.4 Å². The zero-order chi connectivity index (χ0) is 22.2. The van der Waals surface area contributed by atoms with Crippen LogP contribution in [-0.2, 0) is 4.74 Å². The van der Waals surface area contributed by atoms with Crippen molar-refractivity contribution in [3.63, 3.8) is 0 Å². The summed E-state index contributed by atoms with van der Waals surface area (Å²) in [6.45, 7) is 5.52. The second kappa shape index (κ2) is 8.75. The van der Waals surface area contributed by atoms with Gasteiger partial charge in [-0.05, 0) is 38.0 Å². The number of hydrogen-bond acceptors (Lipinski definition) is 6. The molecule has 0 saturated carbocycles. The fraction of sp³-hybridized carbons (Fsp3) is 0.286. The fourth-order valence-corrected chi connectivity index (χ4v) is 5.66. The first kappa shape index (κ1) is 22.3. The van der Waals surface area contributed by atoms with Gasteiger partial charge >= 0.3 is 5.97 Å². The molecule has 0 radical (unpaired) electrons. The highest BCUT2D eigenvalue weighted by Crippen LogP contribution is 2.38. The Balaban J connectivity index is 2.04. The molecule has 2 amide bonds. The van der Waals surface area contributed by atoms with Gasteiger partial charge in [-0.3, -0.25) is 9.59 Å². The second-order valence-corrected chi connectivity index (χ2v) is 9.33. The van der Waals surface area contributed by atoms with Gasteiger partial charge < -0.3 is 15.0 Å². The Bertz CT molecular complexity index is 1160. The lowest BCUT2D eigenvalue weighted by atomic mass is 10.1. The van der Waals surface area contributed by atoms with Crippen molar-refractivity contribution >= 4 is 67.1 Å². The quantitative estimate of drug-likeness (QED) is 0.515. The molecule has 0 saturated heterocycles. The first-order valence-electron chi connectivity index (χ1n) is 9.17. The van der Waals surface area contributed by atoms with Crippen molar-refractivity contribution in [2.24, 2.45) is 0 Å². The molecule has 1 aromatic carbocycles. The predicted molar refractivity (Wildman–Crippen MR) is 123 cm³/mol. The van der Waals surface area contributed by atoms with E-state index in [1.54, 1.807) is 27.9 Å². The minimum Gasteiger partial charge on any atom is -0.462 e. The molecule has 2 aromatic heterocycles. The number of nitrogens with one attached hydrogen (secondary N) is 1. The summed E-state index contributed by atoms with van der Waals surface area (Å²) in [6, 6.07) is 5.78. The molecule has 6 nitrogen and oxygen atoms in total. The number of thiophene rings is 2. The first-order valence-corrected chi connectivity index (χ1v) is 11.2. The normalized spacial score (nSPS) is 10.9. The third-order valence-corrected chi connectivity index (χ3v) is 7.30. The van der Waals surface area contributed by atoms with Gasteiger partial charge in [-0.1, -0.05) is 23.7 Å². The Morgan fingerprint density at radius 3 is 2.47 bits per heavy atom. The van der Waals surface area contributed by atoms with E-state index in [0.29, 0.717) is 20.3 Å². The number of aryl methyl sites for hydroxylation is 1. The summed E-state index contributed by atoms with van der Waals surface area (Å²) in [7, 11) is 3.26. The molecule has 0 aliphatic heterocycles. The number of amides is 2. The van der Waals surface area contributed by atoms with Crippen molar-refractivity contribution in [3.05, 3.63) is 49.7 Å². The predicted octanol–water partition coefficient (Wildman–Crippen LogP) is 5.36. The SMILES string of the molecule is CCOC(=O)c1c(NC(=O)c2sc3cc(C)ccc3c2Cl)sc(C(=O)N(C)C)c1C. The molecule has 0 bridgehead atoms. The molecule has 1 N–H and O–H groups in total. The number of benzene rings is 1. The molecule has 0 aliphatic rings. The monoisotopic (exact) mass is 464 g/mol. The highest BCUT2D eigenvalue weighted by atomic mass is 35.5. The van der Waals surface area contributed by atoms with Crippen molar-refractivity contribution in [2.75, 3.05) is 26.0 Å². The number of hydrogen-bond donors (Lipinski definition) is 1. The van der Waals surface area contributed by atoms with E-state index in [2.05, 4.69) is 5.32 Å². The van der Waals surface area contributed by atoms with E-state index >= 15 is 0 Å². The summed E-state index contributed by atoms with van der Waals surface area (Å²) < 4.78 is 6.05. The van der Waals surface area contributed by atoms with Gasteiger partial charge in [0.15, 0.2) is 0 Å². The Morgan fingerprint density at radius 2 is 1.83 bits per heavy atom. The number of halogens is 1. The van der Waals surface area contributed by atoms with Crippen LogP contribution in [0.2, 0.25) is 5.02 Å². The van der Waals surface area contributed by atoms with Gasteiger partial charge in [0.1, 0.15) is 9.88 Å². The number of carbonyl (C=O) groups is 3. The molecule has 3 rings (SSSR count). The van der Waals surface area contributed by atoms with Crippen LogP contribution in [0.4, 0.5) is 5.00 Å². The van der Waals surface area contributed by atoms with Crippen LogP contribution in [0.1, 0.15) is 47.8 Å². The van der Waals surface area contributed by atoms with Crippen LogP contribution in [-0.4, -0.2) is 43.4 Å². The lowest BCUT2D eigenvalue weighted by molar-refractivity contribution is 0.0527. The van der Waals surface area contributed by atoms with Crippen LogP contribution < -0.4 is 5.32 Å². The molecule has 9 heteroatoms. The third kappa shape index (κ3) is 4.08. The van der Waals surface area contributed by atoms with Gasteiger partial charge in [0, 0.05) is 24.2 Å². The smallest absolute Gasteiger partial charge is 0.341 e. The second-order valence-electron chi connectivity index (χ2n) is 6.88. The molecule has 0 aliphatic carbocycles. The molecule has 158 valence electrons. The fourth-order valence-electron chi connectivity index (χ4n) is 2.94. The van der Waals surface area contributed by atoms with Crippen LogP contribution >= 0.6 is 34.3 Å². The van der Waals surface area contributed by atoms with E-state index in [0.717, 1.165) is 27.0 Å². The lowest BCUT2D eigenvalue weighted by Crippen LogP contribution is -2.21. The largest absolute Gasteiger partial charge is 0.462 e. The topological polar surface area (TPSA) is 75.7 Å².